The van der Waals surface area contributed by atoms with Crippen molar-refractivity contribution in [2.45, 2.75) is 25.7 Å². The van der Waals surface area contributed by atoms with Crippen molar-refractivity contribution < 1.29 is 14.3 Å². The highest BCUT2D eigenvalue weighted by molar-refractivity contribution is 6.01. The number of carbonyl (C=O) groups excluding carboxylic acids is 2. The maximum absolute atomic E-state index is 13.8. The second-order valence-corrected chi connectivity index (χ2v) is 9.42. The third-order valence-electron chi connectivity index (χ3n) is 7.12. The summed E-state index contributed by atoms with van der Waals surface area (Å²) in [7, 11) is 0. The van der Waals surface area contributed by atoms with Crippen molar-refractivity contribution in [1.29, 1.82) is 0 Å². The molecule has 2 aromatic carbocycles. The lowest BCUT2D eigenvalue weighted by Crippen LogP contribution is -2.38. The Balaban J connectivity index is 1.34. The Morgan fingerprint density at radius 2 is 1.87 bits per heavy atom. The lowest BCUT2D eigenvalue weighted by Gasteiger charge is -2.32. The van der Waals surface area contributed by atoms with E-state index in [0.717, 1.165) is 29.4 Å². The number of esters is 1. The molecule has 1 amide bonds. The van der Waals surface area contributed by atoms with Gasteiger partial charge in [-0.15, -0.1) is 0 Å². The van der Waals surface area contributed by atoms with Gasteiger partial charge in [-0.1, -0.05) is 30.3 Å². The molecule has 38 heavy (non-hydrogen) atoms. The molecule has 3 aromatic heterocycles. The number of hydrogen-bond acceptors (Lipinski definition) is 6. The molecule has 6 rings (SSSR count). The number of ether oxygens (including phenoxy) is 1. The Bertz CT molecular complexity index is 1620. The number of piperidine rings is 1. The maximum atomic E-state index is 13.8. The van der Waals surface area contributed by atoms with Gasteiger partial charge in [0.25, 0.3) is 5.91 Å². The molecule has 0 bridgehead atoms. The first kappa shape index (κ1) is 23.7. The lowest BCUT2D eigenvalue weighted by molar-refractivity contribution is 0.0528. The summed E-state index contributed by atoms with van der Waals surface area (Å²) in [4.78, 5) is 35.9. The maximum Gasteiger partial charge on any atom is 0.343 e. The number of carbonyl (C=O) groups is 2. The zero-order valence-electron chi connectivity index (χ0n) is 21.1. The van der Waals surface area contributed by atoms with Crippen LogP contribution >= 0.6 is 0 Å². The Morgan fingerprint density at radius 3 is 2.66 bits per heavy atom. The summed E-state index contributed by atoms with van der Waals surface area (Å²) in [5.74, 6) is 0.265. The van der Waals surface area contributed by atoms with Crippen LogP contribution in [-0.4, -0.2) is 56.1 Å². The minimum absolute atomic E-state index is 0.121. The van der Waals surface area contributed by atoms with Gasteiger partial charge in [-0.2, -0.15) is 9.61 Å². The van der Waals surface area contributed by atoms with Gasteiger partial charge in [0, 0.05) is 42.1 Å². The van der Waals surface area contributed by atoms with E-state index >= 15 is 0 Å². The number of aromatic amines is 1. The summed E-state index contributed by atoms with van der Waals surface area (Å²) in [6, 6.07) is 18.3. The highest BCUT2D eigenvalue weighted by Crippen LogP contribution is 2.31. The van der Waals surface area contributed by atoms with E-state index in [1.807, 2.05) is 41.4 Å². The summed E-state index contributed by atoms with van der Waals surface area (Å²) >= 11 is 0. The van der Waals surface area contributed by atoms with Crippen LogP contribution in [0.25, 0.3) is 16.6 Å². The van der Waals surface area contributed by atoms with E-state index in [1.165, 1.54) is 22.5 Å². The number of H-pyrrole nitrogens is 1. The monoisotopic (exact) mass is 508 g/mol. The average molecular weight is 509 g/mol. The number of anilines is 2. The number of hydrogen-bond donors (Lipinski definition) is 2. The first-order valence-electron chi connectivity index (χ1n) is 12.8. The molecule has 2 N–H and O–H groups in total. The van der Waals surface area contributed by atoms with E-state index in [0.29, 0.717) is 36.0 Å². The van der Waals surface area contributed by atoms with Gasteiger partial charge in [-0.3, -0.25) is 4.79 Å². The fourth-order valence-corrected chi connectivity index (χ4v) is 5.14. The summed E-state index contributed by atoms with van der Waals surface area (Å²) in [6.07, 6.45) is 6.63. The van der Waals surface area contributed by atoms with E-state index in [1.54, 1.807) is 6.92 Å². The molecule has 192 valence electrons. The van der Waals surface area contributed by atoms with Gasteiger partial charge in [0.1, 0.15) is 16.9 Å². The summed E-state index contributed by atoms with van der Waals surface area (Å²) in [5, 5.41) is 8.84. The van der Waals surface area contributed by atoms with Crippen LogP contribution in [-0.2, 0) is 4.74 Å². The number of amides is 1. The molecule has 1 saturated heterocycles. The van der Waals surface area contributed by atoms with Crippen molar-refractivity contribution in [3.05, 3.63) is 89.9 Å². The highest BCUT2D eigenvalue weighted by Gasteiger charge is 2.28. The number of benzene rings is 2. The van der Waals surface area contributed by atoms with Crippen LogP contribution in [0, 0.1) is 0 Å². The minimum Gasteiger partial charge on any atom is -0.462 e. The molecule has 0 radical (unpaired) electrons. The van der Waals surface area contributed by atoms with Gasteiger partial charge >= 0.3 is 5.97 Å². The second-order valence-electron chi connectivity index (χ2n) is 9.42. The molecule has 5 aromatic rings. The molecular formula is C29H28N6O3. The second kappa shape index (κ2) is 10.0. The number of nitrogens with one attached hydrogen (secondary N) is 2. The predicted molar refractivity (Wildman–Crippen MR) is 145 cm³/mol. The SMILES string of the molecule is CCOC(=O)c1cnn2c(Nc3ccc4[nH]ccc4c3)c(C(=O)N3CCC(c4ccccc4)CC3)cnc12. The van der Waals surface area contributed by atoms with Gasteiger partial charge < -0.3 is 19.9 Å². The Kier molecular flexibility index (Phi) is 6.25. The van der Waals surface area contributed by atoms with Crippen LogP contribution in [0.1, 0.15) is 52.0 Å². The van der Waals surface area contributed by atoms with Gasteiger partial charge in [0.05, 0.1) is 12.8 Å². The quantitative estimate of drug-likeness (QED) is 0.307. The van der Waals surface area contributed by atoms with Crippen molar-refractivity contribution in [1.82, 2.24) is 24.5 Å². The smallest absolute Gasteiger partial charge is 0.343 e. The molecule has 0 saturated carbocycles. The molecular weight excluding hydrogens is 480 g/mol. The predicted octanol–water partition coefficient (Wildman–Crippen LogP) is 5.15. The Morgan fingerprint density at radius 1 is 1.05 bits per heavy atom. The van der Waals surface area contributed by atoms with Crippen LogP contribution < -0.4 is 5.32 Å². The molecule has 0 unspecified atom stereocenters. The number of rotatable bonds is 6. The van der Waals surface area contributed by atoms with Crippen LogP contribution in [0.15, 0.2) is 73.2 Å². The van der Waals surface area contributed by atoms with Gasteiger partial charge in [-0.25, -0.2) is 9.78 Å². The standard InChI is InChI=1S/C29H28N6O3/c1-2-38-29(37)24-18-32-35-26(24)31-17-23(27(35)33-22-8-9-25-21(16-22)10-13-30-25)28(36)34-14-11-20(12-15-34)19-6-4-3-5-7-19/h3-10,13,16-18,20,30,33H,2,11-12,14-15H2,1H3. The number of likely N-dealkylation sites (tertiary alicyclic amines) is 1. The van der Waals surface area contributed by atoms with Gasteiger partial charge in [-0.05, 0) is 55.5 Å². The lowest BCUT2D eigenvalue weighted by atomic mass is 9.89. The molecule has 9 nitrogen and oxygen atoms in total. The summed E-state index contributed by atoms with van der Waals surface area (Å²) in [6.45, 7) is 3.29. The van der Waals surface area contributed by atoms with Gasteiger partial charge in [0.15, 0.2) is 5.65 Å². The molecule has 9 heteroatoms. The van der Waals surface area contributed by atoms with E-state index in [-0.39, 0.29) is 18.1 Å². The molecule has 0 atom stereocenters. The Labute approximate surface area is 219 Å². The number of nitrogens with zero attached hydrogens (tertiary/aromatic N) is 4. The van der Waals surface area contributed by atoms with Crippen LogP contribution in [0.4, 0.5) is 11.5 Å². The fraction of sp³-hybridized carbons (Fsp3) is 0.241. The topological polar surface area (TPSA) is 105 Å². The highest BCUT2D eigenvalue weighted by atomic mass is 16.5. The van der Waals surface area contributed by atoms with E-state index in [4.69, 9.17) is 4.74 Å². The zero-order chi connectivity index (χ0) is 26.1. The third kappa shape index (κ3) is 4.36. The van der Waals surface area contributed by atoms with Crippen molar-refractivity contribution in [2.24, 2.45) is 0 Å². The van der Waals surface area contributed by atoms with E-state index in [2.05, 4.69) is 44.6 Å². The van der Waals surface area contributed by atoms with Crippen LogP contribution in [0.5, 0.6) is 0 Å². The first-order chi connectivity index (χ1) is 18.6. The largest absolute Gasteiger partial charge is 0.462 e. The van der Waals surface area contributed by atoms with Crippen molar-refractivity contribution in [3.8, 4) is 0 Å². The molecule has 1 fully saturated rings. The van der Waals surface area contributed by atoms with Crippen molar-refractivity contribution >= 4 is 39.9 Å². The normalized spacial score (nSPS) is 14.2. The molecule has 4 heterocycles. The van der Waals surface area contributed by atoms with Crippen LogP contribution in [0.3, 0.4) is 0 Å². The first-order valence-corrected chi connectivity index (χ1v) is 12.8. The van der Waals surface area contributed by atoms with Crippen LogP contribution in [0.2, 0.25) is 0 Å². The average Bonchev–Trinajstić information content (AvgIpc) is 3.61. The van der Waals surface area contributed by atoms with Crippen molar-refractivity contribution in [2.75, 3.05) is 25.0 Å². The molecule has 0 spiro atoms. The Hall–Kier alpha value is -4.66. The number of fused-ring (bicyclic) bond motifs is 2. The van der Waals surface area contributed by atoms with Gasteiger partial charge in [0.2, 0.25) is 0 Å². The number of aromatic nitrogens is 4. The molecule has 1 aliphatic rings. The van der Waals surface area contributed by atoms with Crippen molar-refractivity contribution in [3.63, 3.8) is 0 Å². The van der Waals surface area contributed by atoms with E-state index in [9.17, 15) is 9.59 Å². The third-order valence-corrected chi connectivity index (χ3v) is 7.12. The zero-order valence-corrected chi connectivity index (χ0v) is 21.1. The molecule has 1 aliphatic heterocycles. The van der Waals surface area contributed by atoms with E-state index < -0.39 is 5.97 Å². The molecule has 0 aliphatic carbocycles. The summed E-state index contributed by atoms with van der Waals surface area (Å²) in [5.41, 5.74) is 4.08. The minimum atomic E-state index is -0.503. The fourth-order valence-electron chi connectivity index (χ4n) is 5.14. The summed E-state index contributed by atoms with van der Waals surface area (Å²) < 4.78 is 6.69.